The van der Waals surface area contributed by atoms with Gasteiger partial charge in [0.1, 0.15) is 0 Å². The number of piperidine rings is 1. The number of aliphatic carboxylic acids is 1. The van der Waals surface area contributed by atoms with Crippen molar-refractivity contribution in [2.24, 2.45) is 5.92 Å². The molecule has 5 nitrogen and oxygen atoms in total. The number of ether oxygens (including phenoxy) is 1. The zero-order chi connectivity index (χ0) is 15.9. The molecule has 0 saturated carbocycles. The molecule has 2 unspecified atom stereocenters. The molecular weight excluding hydrogens is 282 g/mol. The molecule has 0 spiro atoms. The minimum absolute atomic E-state index is 0.0394. The van der Waals surface area contributed by atoms with Crippen LogP contribution in [0.25, 0.3) is 0 Å². The van der Waals surface area contributed by atoms with E-state index in [1.807, 2.05) is 30.3 Å². The Morgan fingerprint density at radius 1 is 1.32 bits per heavy atom. The van der Waals surface area contributed by atoms with Crippen LogP contribution in [0.15, 0.2) is 30.3 Å². The lowest BCUT2D eigenvalue weighted by Crippen LogP contribution is -2.43. The Morgan fingerprint density at radius 3 is 2.68 bits per heavy atom. The number of hydrogen-bond acceptors (Lipinski definition) is 4. The number of carbonyl (C=O) groups is 2. The van der Waals surface area contributed by atoms with Gasteiger partial charge in [0.05, 0.1) is 18.9 Å². The molecule has 1 aliphatic rings. The maximum atomic E-state index is 11.6. The summed E-state index contributed by atoms with van der Waals surface area (Å²) < 4.78 is 4.92. The third-order valence-electron chi connectivity index (χ3n) is 4.18. The lowest BCUT2D eigenvalue weighted by molar-refractivity contribution is -0.144. The third-order valence-corrected chi connectivity index (χ3v) is 4.18. The third kappa shape index (κ3) is 4.31. The predicted molar refractivity (Wildman–Crippen MR) is 82.6 cm³/mol. The van der Waals surface area contributed by atoms with Gasteiger partial charge in [-0.1, -0.05) is 30.3 Å². The number of carboxylic acids is 1. The summed E-state index contributed by atoms with van der Waals surface area (Å²) in [7, 11) is 0. The van der Waals surface area contributed by atoms with Crippen LogP contribution in [0.4, 0.5) is 0 Å². The monoisotopic (exact) mass is 305 g/mol. The topological polar surface area (TPSA) is 66.8 Å². The summed E-state index contributed by atoms with van der Waals surface area (Å²) >= 11 is 0. The Kier molecular flexibility index (Phi) is 5.95. The lowest BCUT2D eigenvalue weighted by atomic mass is 9.80. The van der Waals surface area contributed by atoms with Crippen LogP contribution in [0.2, 0.25) is 0 Å². The minimum Gasteiger partial charge on any atom is -0.481 e. The maximum absolute atomic E-state index is 11.6. The second kappa shape index (κ2) is 7.94. The first-order chi connectivity index (χ1) is 10.6. The molecule has 1 aromatic rings. The average molecular weight is 305 g/mol. The number of hydrogen-bond donors (Lipinski definition) is 1. The second-order valence-electron chi connectivity index (χ2n) is 5.61. The normalized spacial score (nSPS) is 22.2. The van der Waals surface area contributed by atoms with Gasteiger partial charge in [0.2, 0.25) is 0 Å². The van der Waals surface area contributed by atoms with Gasteiger partial charge in [-0.15, -0.1) is 0 Å². The SMILES string of the molecule is CCOC(=O)CCN1CCC(c2ccccc2)C(C(=O)O)C1. The van der Waals surface area contributed by atoms with Crippen LogP contribution in [0.3, 0.4) is 0 Å². The first-order valence-corrected chi connectivity index (χ1v) is 7.77. The van der Waals surface area contributed by atoms with Crippen LogP contribution in [-0.4, -0.2) is 48.2 Å². The van der Waals surface area contributed by atoms with Crippen molar-refractivity contribution in [1.82, 2.24) is 4.90 Å². The lowest BCUT2D eigenvalue weighted by Gasteiger charge is -2.36. The fourth-order valence-electron chi connectivity index (χ4n) is 3.05. The molecule has 1 N–H and O–H groups in total. The zero-order valence-corrected chi connectivity index (χ0v) is 12.9. The van der Waals surface area contributed by atoms with E-state index in [4.69, 9.17) is 4.74 Å². The first-order valence-electron chi connectivity index (χ1n) is 7.77. The van der Waals surface area contributed by atoms with Crippen LogP contribution >= 0.6 is 0 Å². The second-order valence-corrected chi connectivity index (χ2v) is 5.61. The summed E-state index contributed by atoms with van der Waals surface area (Å²) in [6, 6.07) is 9.82. The molecule has 1 heterocycles. The molecule has 22 heavy (non-hydrogen) atoms. The van der Waals surface area contributed by atoms with Gasteiger partial charge in [-0.25, -0.2) is 0 Å². The fourth-order valence-corrected chi connectivity index (χ4v) is 3.05. The van der Waals surface area contributed by atoms with Gasteiger partial charge in [0.15, 0.2) is 0 Å². The quantitative estimate of drug-likeness (QED) is 0.816. The Balaban J connectivity index is 1.96. The molecule has 0 amide bonds. The number of rotatable bonds is 6. The highest BCUT2D eigenvalue weighted by molar-refractivity contribution is 5.72. The van der Waals surface area contributed by atoms with Crippen molar-refractivity contribution in [2.75, 3.05) is 26.2 Å². The molecule has 1 aliphatic heterocycles. The van der Waals surface area contributed by atoms with Crippen molar-refractivity contribution in [3.8, 4) is 0 Å². The van der Waals surface area contributed by atoms with E-state index in [9.17, 15) is 14.7 Å². The summed E-state index contributed by atoms with van der Waals surface area (Å²) in [5, 5.41) is 9.53. The number of esters is 1. The van der Waals surface area contributed by atoms with E-state index in [1.54, 1.807) is 6.92 Å². The van der Waals surface area contributed by atoms with E-state index in [2.05, 4.69) is 4.90 Å². The number of likely N-dealkylation sites (tertiary alicyclic amines) is 1. The molecule has 2 atom stereocenters. The van der Waals surface area contributed by atoms with Gasteiger partial charge in [0, 0.05) is 13.1 Å². The van der Waals surface area contributed by atoms with Crippen molar-refractivity contribution in [3.63, 3.8) is 0 Å². The van der Waals surface area contributed by atoms with E-state index in [0.717, 1.165) is 18.5 Å². The number of nitrogens with zero attached hydrogens (tertiary/aromatic N) is 1. The van der Waals surface area contributed by atoms with Crippen molar-refractivity contribution in [3.05, 3.63) is 35.9 Å². The molecule has 0 aromatic heterocycles. The van der Waals surface area contributed by atoms with Crippen molar-refractivity contribution in [2.45, 2.75) is 25.7 Å². The number of carboxylic acid groups (broad SMARTS) is 1. The fraction of sp³-hybridized carbons (Fsp3) is 0.529. The van der Waals surface area contributed by atoms with E-state index in [1.165, 1.54) is 0 Å². The molecule has 5 heteroatoms. The van der Waals surface area contributed by atoms with Gasteiger partial charge < -0.3 is 14.7 Å². The standard InChI is InChI=1S/C17H23NO4/c1-2-22-16(19)9-11-18-10-8-14(15(12-18)17(20)21)13-6-4-3-5-7-13/h3-7,14-15H,2,8-12H2,1H3,(H,20,21). The summed E-state index contributed by atoms with van der Waals surface area (Å²) in [6.45, 7) is 4.01. The highest BCUT2D eigenvalue weighted by Gasteiger charge is 2.35. The van der Waals surface area contributed by atoms with Crippen molar-refractivity contribution < 1.29 is 19.4 Å². The molecule has 2 rings (SSSR count). The molecule has 0 bridgehead atoms. The van der Waals surface area contributed by atoms with Gasteiger partial charge in [-0.2, -0.15) is 0 Å². The van der Waals surface area contributed by atoms with E-state index in [-0.39, 0.29) is 11.9 Å². The van der Waals surface area contributed by atoms with Gasteiger partial charge in [-0.3, -0.25) is 9.59 Å². The van der Waals surface area contributed by atoms with Crippen LogP contribution in [0.5, 0.6) is 0 Å². The Labute approximate surface area is 130 Å². The number of benzene rings is 1. The largest absolute Gasteiger partial charge is 0.481 e. The van der Waals surface area contributed by atoms with Gasteiger partial charge >= 0.3 is 11.9 Å². The average Bonchev–Trinajstić information content (AvgIpc) is 2.54. The van der Waals surface area contributed by atoms with Crippen molar-refractivity contribution in [1.29, 1.82) is 0 Å². The minimum atomic E-state index is -0.769. The summed E-state index contributed by atoms with van der Waals surface area (Å²) in [4.78, 5) is 25.1. The highest BCUT2D eigenvalue weighted by Crippen LogP contribution is 2.33. The molecule has 1 fully saturated rings. The van der Waals surface area contributed by atoms with Gasteiger partial charge in [0.25, 0.3) is 0 Å². The molecule has 1 aromatic carbocycles. The van der Waals surface area contributed by atoms with Crippen LogP contribution in [-0.2, 0) is 14.3 Å². The molecule has 0 radical (unpaired) electrons. The van der Waals surface area contributed by atoms with E-state index >= 15 is 0 Å². The predicted octanol–water partition coefficient (Wildman–Crippen LogP) is 2.13. The number of carbonyl (C=O) groups excluding carboxylic acids is 1. The van der Waals surface area contributed by atoms with E-state index in [0.29, 0.717) is 26.1 Å². The molecular formula is C17H23NO4. The van der Waals surface area contributed by atoms with Gasteiger partial charge in [-0.05, 0) is 31.4 Å². The summed E-state index contributed by atoms with van der Waals surface area (Å²) in [5.74, 6) is -1.38. The summed E-state index contributed by atoms with van der Waals surface area (Å²) in [5.41, 5.74) is 1.08. The van der Waals surface area contributed by atoms with Crippen LogP contribution in [0.1, 0.15) is 31.2 Å². The van der Waals surface area contributed by atoms with Crippen LogP contribution < -0.4 is 0 Å². The van der Waals surface area contributed by atoms with E-state index < -0.39 is 11.9 Å². The van der Waals surface area contributed by atoms with Crippen LogP contribution in [0, 0.1) is 5.92 Å². The maximum Gasteiger partial charge on any atom is 0.308 e. The molecule has 1 saturated heterocycles. The Hall–Kier alpha value is -1.88. The Morgan fingerprint density at radius 2 is 2.05 bits per heavy atom. The Bertz CT molecular complexity index is 503. The zero-order valence-electron chi connectivity index (χ0n) is 12.9. The van der Waals surface area contributed by atoms with Crippen molar-refractivity contribution >= 4 is 11.9 Å². The first kappa shape index (κ1) is 16.5. The highest BCUT2D eigenvalue weighted by atomic mass is 16.5. The molecule has 0 aliphatic carbocycles. The molecule has 120 valence electrons. The smallest absolute Gasteiger partial charge is 0.308 e. The summed E-state index contributed by atoms with van der Waals surface area (Å²) in [6.07, 6.45) is 1.11.